The van der Waals surface area contributed by atoms with Gasteiger partial charge in [-0.25, -0.2) is 10.2 Å². The average Bonchev–Trinajstić information content (AvgIpc) is 3.27. The summed E-state index contributed by atoms with van der Waals surface area (Å²) in [4.78, 5) is 23.3. The van der Waals surface area contributed by atoms with Gasteiger partial charge in [0.2, 0.25) is 0 Å². The van der Waals surface area contributed by atoms with Crippen molar-refractivity contribution >= 4 is 40.7 Å². The highest BCUT2D eigenvalue weighted by atomic mass is 35.5. The Morgan fingerprint density at radius 3 is 2.57 bits per heavy atom. The van der Waals surface area contributed by atoms with Crippen LogP contribution in [-0.4, -0.2) is 29.8 Å². The number of hydrogen-bond donors (Lipinski definition) is 2. The zero-order chi connectivity index (χ0) is 24.8. The molecular weight excluding hydrogens is 472 g/mol. The number of nitrogens with one attached hydrogen (secondary N) is 1. The van der Waals surface area contributed by atoms with Gasteiger partial charge in [-0.05, 0) is 72.6 Å². The molecule has 0 saturated heterocycles. The topological polar surface area (TPSA) is 110 Å². The summed E-state index contributed by atoms with van der Waals surface area (Å²) in [6.07, 6.45) is 1.48. The van der Waals surface area contributed by atoms with Gasteiger partial charge in [-0.3, -0.25) is 4.79 Å². The van der Waals surface area contributed by atoms with E-state index in [0.29, 0.717) is 34.3 Å². The number of rotatable bonds is 9. The standard InChI is InChI=1S/C26H21ClN2O6/c1-2-33-23-11-17(5-9-22(23)34-15-16-3-6-18(7-4-16)26(31)32)14-28-29-25(30)24-13-19-12-20(27)8-10-21(19)35-24/h3-14H,2,15H2,1H3,(H,29,30)(H,31,32)/b28-14+. The van der Waals surface area contributed by atoms with E-state index in [2.05, 4.69) is 10.5 Å². The van der Waals surface area contributed by atoms with Crippen molar-refractivity contribution in [2.75, 3.05) is 6.61 Å². The average molecular weight is 493 g/mol. The van der Waals surface area contributed by atoms with Crippen molar-refractivity contribution in [3.8, 4) is 11.5 Å². The molecule has 0 aliphatic carbocycles. The maximum atomic E-state index is 12.4. The van der Waals surface area contributed by atoms with Gasteiger partial charge < -0.3 is 19.0 Å². The molecule has 0 bridgehead atoms. The van der Waals surface area contributed by atoms with E-state index in [-0.39, 0.29) is 17.9 Å². The summed E-state index contributed by atoms with van der Waals surface area (Å²) < 4.78 is 17.1. The zero-order valence-corrected chi connectivity index (χ0v) is 19.4. The SMILES string of the molecule is CCOc1cc(/C=N/NC(=O)c2cc3cc(Cl)ccc3o2)ccc1OCc1ccc(C(=O)O)cc1. The van der Waals surface area contributed by atoms with E-state index in [4.69, 9.17) is 30.6 Å². The summed E-state index contributed by atoms with van der Waals surface area (Å²) in [5.41, 5.74) is 4.71. The highest BCUT2D eigenvalue weighted by Crippen LogP contribution is 2.29. The molecule has 1 amide bonds. The van der Waals surface area contributed by atoms with Crippen molar-refractivity contribution in [3.63, 3.8) is 0 Å². The minimum absolute atomic E-state index is 0.120. The number of ether oxygens (including phenoxy) is 2. The van der Waals surface area contributed by atoms with Crippen molar-refractivity contribution in [2.45, 2.75) is 13.5 Å². The third kappa shape index (κ3) is 5.99. The highest BCUT2D eigenvalue weighted by Gasteiger charge is 2.12. The molecule has 4 rings (SSSR count). The number of amides is 1. The first-order chi connectivity index (χ1) is 16.9. The van der Waals surface area contributed by atoms with Crippen molar-refractivity contribution in [1.82, 2.24) is 5.43 Å². The smallest absolute Gasteiger partial charge is 0.335 e. The third-order valence-electron chi connectivity index (χ3n) is 4.94. The molecule has 0 saturated carbocycles. The van der Waals surface area contributed by atoms with E-state index < -0.39 is 11.9 Å². The highest BCUT2D eigenvalue weighted by molar-refractivity contribution is 6.31. The number of hydrogen-bond acceptors (Lipinski definition) is 6. The Labute approximate surface area is 205 Å². The van der Waals surface area contributed by atoms with Gasteiger partial charge in [-0.15, -0.1) is 0 Å². The number of furan rings is 1. The molecule has 1 aromatic heterocycles. The Morgan fingerprint density at radius 1 is 1.03 bits per heavy atom. The van der Waals surface area contributed by atoms with E-state index in [1.807, 2.05) is 6.92 Å². The van der Waals surface area contributed by atoms with Gasteiger partial charge in [0.1, 0.15) is 12.2 Å². The lowest BCUT2D eigenvalue weighted by molar-refractivity contribution is 0.0696. The molecule has 0 unspecified atom stereocenters. The molecular formula is C26H21ClN2O6. The Bertz CT molecular complexity index is 1390. The first-order valence-electron chi connectivity index (χ1n) is 10.7. The summed E-state index contributed by atoms with van der Waals surface area (Å²) in [5, 5.41) is 14.3. The van der Waals surface area contributed by atoms with Crippen LogP contribution in [0, 0.1) is 0 Å². The van der Waals surface area contributed by atoms with E-state index in [1.165, 1.54) is 18.3 Å². The number of halogens is 1. The molecule has 0 atom stereocenters. The number of fused-ring (bicyclic) bond motifs is 1. The van der Waals surface area contributed by atoms with Gasteiger partial charge in [0.05, 0.1) is 18.4 Å². The molecule has 35 heavy (non-hydrogen) atoms. The lowest BCUT2D eigenvalue weighted by atomic mass is 10.1. The fourth-order valence-corrected chi connectivity index (χ4v) is 3.42. The first-order valence-corrected chi connectivity index (χ1v) is 11.0. The molecule has 4 aromatic rings. The molecule has 0 spiro atoms. The molecule has 0 aliphatic heterocycles. The van der Waals surface area contributed by atoms with Crippen LogP contribution in [0.3, 0.4) is 0 Å². The van der Waals surface area contributed by atoms with Gasteiger partial charge in [-0.2, -0.15) is 5.10 Å². The second-order valence-electron chi connectivity index (χ2n) is 7.42. The van der Waals surface area contributed by atoms with Crippen LogP contribution in [0.5, 0.6) is 11.5 Å². The van der Waals surface area contributed by atoms with Crippen molar-refractivity contribution in [2.24, 2.45) is 5.10 Å². The number of hydrazone groups is 1. The van der Waals surface area contributed by atoms with Gasteiger partial charge in [0, 0.05) is 10.4 Å². The maximum Gasteiger partial charge on any atom is 0.335 e. The van der Waals surface area contributed by atoms with Gasteiger partial charge in [0.25, 0.3) is 0 Å². The van der Waals surface area contributed by atoms with Gasteiger partial charge in [0.15, 0.2) is 17.3 Å². The minimum Gasteiger partial charge on any atom is -0.490 e. The van der Waals surface area contributed by atoms with E-state index in [9.17, 15) is 9.59 Å². The zero-order valence-electron chi connectivity index (χ0n) is 18.7. The number of carboxylic acid groups (broad SMARTS) is 1. The van der Waals surface area contributed by atoms with E-state index >= 15 is 0 Å². The Kier molecular flexibility index (Phi) is 7.32. The van der Waals surface area contributed by atoms with Crippen LogP contribution < -0.4 is 14.9 Å². The van der Waals surface area contributed by atoms with Crippen molar-refractivity contribution < 1.29 is 28.6 Å². The summed E-state index contributed by atoms with van der Waals surface area (Å²) in [6.45, 7) is 2.53. The Balaban J connectivity index is 1.40. The largest absolute Gasteiger partial charge is 0.490 e. The Hall–Kier alpha value is -4.30. The normalized spacial score (nSPS) is 11.0. The molecule has 0 aliphatic rings. The van der Waals surface area contributed by atoms with Crippen LogP contribution in [0.4, 0.5) is 0 Å². The number of nitrogens with zero attached hydrogens (tertiary/aromatic N) is 1. The molecule has 9 heteroatoms. The third-order valence-corrected chi connectivity index (χ3v) is 5.18. The molecule has 0 fully saturated rings. The fraction of sp³-hybridized carbons (Fsp3) is 0.115. The fourth-order valence-electron chi connectivity index (χ4n) is 3.24. The first kappa shape index (κ1) is 23.8. The van der Waals surface area contributed by atoms with Crippen LogP contribution in [0.2, 0.25) is 5.02 Å². The number of benzene rings is 3. The number of carboxylic acids is 1. The summed E-state index contributed by atoms with van der Waals surface area (Å²) in [6, 6.07) is 18.4. The van der Waals surface area contributed by atoms with Gasteiger partial charge in [-0.1, -0.05) is 23.7 Å². The van der Waals surface area contributed by atoms with Gasteiger partial charge >= 0.3 is 11.9 Å². The van der Waals surface area contributed by atoms with Crippen LogP contribution in [-0.2, 0) is 6.61 Å². The van der Waals surface area contributed by atoms with Crippen LogP contribution in [0.1, 0.15) is 39.0 Å². The van der Waals surface area contributed by atoms with E-state index in [1.54, 1.807) is 54.6 Å². The number of aromatic carboxylic acids is 1. The van der Waals surface area contributed by atoms with Crippen LogP contribution >= 0.6 is 11.6 Å². The lowest BCUT2D eigenvalue weighted by Crippen LogP contribution is -2.16. The molecule has 178 valence electrons. The van der Waals surface area contributed by atoms with Crippen molar-refractivity contribution in [3.05, 3.63) is 94.2 Å². The summed E-state index contributed by atoms with van der Waals surface area (Å²) in [5.74, 6) is -0.315. The maximum absolute atomic E-state index is 12.4. The molecule has 1 heterocycles. The van der Waals surface area contributed by atoms with E-state index in [0.717, 1.165) is 10.9 Å². The molecule has 8 nitrogen and oxygen atoms in total. The summed E-state index contributed by atoms with van der Waals surface area (Å²) >= 11 is 5.97. The number of carbonyl (C=O) groups excluding carboxylic acids is 1. The predicted octanol–water partition coefficient (Wildman–Crippen LogP) is 5.53. The van der Waals surface area contributed by atoms with Crippen LogP contribution in [0.15, 0.2) is 76.2 Å². The molecule has 2 N–H and O–H groups in total. The molecule has 0 radical (unpaired) electrons. The van der Waals surface area contributed by atoms with Crippen molar-refractivity contribution in [1.29, 1.82) is 0 Å². The minimum atomic E-state index is -0.980. The van der Waals surface area contributed by atoms with Crippen LogP contribution in [0.25, 0.3) is 11.0 Å². The molecule has 3 aromatic carbocycles. The number of carbonyl (C=O) groups is 2. The predicted molar refractivity (Wildman–Crippen MR) is 132 cm³/mol. The second-order valence-corrected chi connectivity index (χ2v) is 7.86. The summed E-state index contributed by atoms with van der Waals surface area (Å²) in [7, 11) is 0. The Morgan fingerprint density at radius 2 is 1.83 bits per heavy atom. The monoisotopic (exact) mass is 492 g/mol. The second kappa shape index (κ2) is 10.8. The lowest BCUT2D eigenvalue weighted by Gasteiger charge is -2.12. The quantitative estimate of drug-likeness (QED) is 0.235.